The lowest BCUT2D eigenvalue weighted by molar-refractivity contribution is -0.145. The number of anilines is 1. The Morgan fingerprint density at radius 2 is 1.97 bits per heavy atom. The van der Waals surface area contributed by atoms with Gasteiger partial charge in [0.25, 0.3) is 0 Å². The Balaban J connectivity index is 1.40. The number of pyridine rings is 1. The summed E-state index contributed by atoms with van der Waals surface area (Å²) in [6, 6.07) is 3.10. The van der Waals surface area contributed by atoms with Gasteiger partial charge in [0.2, 0.25) is 5.91 Å². The molecule has 1 aromatic rings. The van der Waals surface area contributed by atoms with Gasteiger partial charge in [-0.25, -0.2) is 4.98 Å². The normalized spacial score (nSPS) is 30.7. The molecule has 3 aliphatic rings. The minimum absolute atomic E-state index is 0.0450. The topological polar surface area (TPSA) is 57.7 Å². The molecule has 1 N–H and O–H groups in total. The summed E-state index contributed by atoms with van der Waals surface area (Å²) in [5.41, 5.74) is -1.14. The van der Waals surface area contributed by atoms with Gasteiger partial charge in [0.1, 0.15) is 5.82 Å². The molecule has 0 bridgehead atoms. The average molecular weight is 483 g/mol. The van der Waals surface area contributed by atoms with E-state index in [2.05, 4.69) is 31.1 Å². The Morgan fingerprint density at radius 1 is 1.24 bits per heavy atom. The van der Waals surface area contributed by atoms with Crippen molar-refractivity contribution in [3.63, 3.8) is 0 Å². The number of carbonyl (C=O) groups excluding carboxylic acids is 1. The van der Waals surface area contributed by atoms with Gasteiger partial charge in [0.15, 0.2) is 0 Å². The Bertz CT molecular complexity index is 857. The number of nitrogens with zero attached hydrogens (tertiary/aromatic N) is 3. The highest BCUT2D eigenvalue weighted by atomic mass is 19.4. The van der Waals surface area contributed by atoms with Crippen molar-refractivity contribution in [3.8, 4) is 0 Å². The van der Waals surface area contributed by atoms with Gasteiger partial charge in [-0.05, 0) is 49.7 Å². The molecule has 3 heterocycles. The summed E-state index contributed by atoms with van der Waals surface area (Å²) >= 11 is 0. The lowest BCUT2D eigenvalue weighted by Gasteiger charge is -2.42. The number of amides is 1. The van der Waals surface area contributed by atoms with Crippen molar-refractivity contribution in [2.24, 2.45) is 17.3 Å². The molecule has 4 atom stereocenters. The van der Waals surface area contributed by atoms with Crippen molar-refractivity contribution < 1.29 is 22.7 Å². The SMILES string of the molecule is CC1COCCC1N[C@@H]1CC[C@@](C(=O)N2CCN(c3ncccc3C(F)(F)F)CC2)(C(C)C)C1. The van der Waals surface area contributed by atoms with Crippen LogP contribution >= 0.6 is 0 Å². The van der Waals surface area contributed by atoms with E-state index in [1.165, 1.54) is 12.3 Å². The maximum Gasteiger partial charge on any atom is 0.419 e. The van der Waals surface area contributed by atoms with E-state index in [0.717, 1.165) is 45.0 Å². The fourth-order valence-electron chi connectivity index (χ4n) is 5.92. The molecule has 2 saturated heterocycles. The van der Waals surface area contributed by atoms with Gasteiger partial charge < -0.3 is 19.9 Å². The molecule has 4 rings (SSSR count). The van der Waals surface area contributed by atoms with Crippen molar-refractivity contribution in [3.05, 3.63) is 23.9 Å². The summed E-state index contributed by atoms with van der Waals surface area (Å²) in [7, 11) is 0. The molecule has 0 aromatic carbocycles. The smallest absolute Gasteiger partial charge is 0.381 e. The van der Waals surface area contributed by atoms with Gasteiger partial charge in [-0.3, -0.25) is 4.79 Å². The van der Waals surface area contributed by atoms with E-state index in [-0.39, 0.29) is 17.6 Å². The number of alkyl halides is 3. The Morgan fingerprint density at radius 3 is 2.62 bits per heavy atom. The van der Waals surface area contributed by atoms with Crippen LogP contribution in [0, 0.1) is 17.3 Å². The van der Waals surface area contributed by atoms with Gasteiger partial charge in [0, 0.05) is 51.1 Å². The maximum absolute atomic E-state index is 13.8. The molecule has 1 aromatic heterocycles. The molecule has 190 valence electrons. The number of rotatable bonds is 5. The Hall–Kier alpha value is -1.87. The maximum atomic E-state index is 13.8. The fourth-order valence-corrected chi connectivity index (χ4v) is 5.92. The summed E-state index contributed by atoms with van der Waals surface area (Å²) in [6.07, 6.45) is 0.559. The van der Waals surface area contributed by atoms with Gasteiger partial charge in [-0.15, -0.1) is 0 Å². The molecule has 1 saturated carbocycles. The number of carbonyl (C=O) groups is 1. The zero-order valence-electron chi connectivity index (χ0n) is 20.4. The highest BCUT2D eigenvalue weighted by Gasteiger charge is 2.50. The van der Waals surface area contributed by atoms with Gasteiger partial charge in [0.05, 0.1) is 17.6 Å². The van der Waals surface area contributed by atoms with Crippen LogP contribution in [0.3, 0.4) is 0 Å². The quantitative estimate of drug-likeness (QED) is 0.689. The van der Waals surface area contributed by atoms with E-state index < -0.39 is 17.2 Å². The number of aromatic nitrogens is 1. The van der Waals surface area contributed by atoms with Gasteiger partial charge >= 0.3 is 6.18 Å². The summed E-state index contributed by atoms with van der Waals surface area (Å²) in [5.74, 6) is 0.768. The number of halogens is 3. The molecule has 3 fully saturated rings. The molecule has 0 spiro atoms. The summed E-state index contributed by atoms with van der Waals surface area (Å²) < 4.78 is 45.9. The van der Waals surface area contributed by atoms with Crippen LogP contribution < -0.4 is 10.2 Å². The number of hydrogen-bond acceptors (Lipinski definition) is 5. The minimum atomic E-state index is -4.45. The molecule has 34 heavy (non-hydrogen) atoms. The van der Waals surface area contributed by atoms with Crippen LogP contribution in [-0.4, -0.2) is 67.3 Å². The Kier molecular flexibility index (Phi) is 7.43. The second-order valence-electron chi connectivity index (χ2n) is 10.5. The molecule has 2 aliphatic heterocycles. The molecule has 0 radical (unpaired) electrons. The van der Waals surface area contributed by atoms with Crippen molar-refractivity contribution in [1.29, 1.82) is 0 Å². The number of nitrogens with one attached hydrogen (secondary N) is 1. The van der Waals surface area contributed by atoms with E-state index in [9.17, 15) is 18.0 Å². The van der Waals surface area contributed by atoms with E-state index in [1.807, 2.05) is 4.90 Å². The second kappa shape index (κ2) is 10.0. The van der Waals surface area contributed by atoms with Crippen molar-refractivity contribution in [1.82, 2.24) is 15.2 Å². The lowest BCUT2D eigenvalue weighted by atomic mass is 9.74. The van der Waals surface area contributed by atoms with Crippen LogP contribution in [-0.2, 0) is 15.7 Å². The van der Waals surface area contributed by atoms with Crippen molar-refractivity contribution in [2.45, 2.75) is 64.7 Å². The van der Waals surface area contributed by atoms with Crippen molar-refractivity contribution in [2.75, 3.05) is 44.3 Å². The van der Waals surface area contributed by atoms with Crippen LogP contribution in [0.2, 0.25) is 0 Å². The predicted octanol–water partition coefficient (Wildman–Crippen LogP) is 3.96. The monoisotopic (exact) mass is 482 g/mol. The standard InChI is InChI=1S/C25H37F3N4O2/c1-17(2)24(8-6-19(15-24)30-21-7-14-34-16-18(21)3)23(33)32-12-10-31(11-13-32)22-20(25(26,27)28)5-4-9-29-22/h4-5,9,17-19,21,30H,6-8,10-16H2,1-3H3/t18?,19-,21?,24+/m1/s1. The van der Waals surface area contributed by atoms with Crippen molar-refractivity contribution >= 4 is 11.7 Å². The first-order valence-corrected chi connectivity index (χ1v) is 12.5. The number of hydrogen-bond donors (Lipinski definition) is 1. The number of ether oxygens (including phenoxy) is 1. The third-order valence-electron chi connectivity index (χ3n) is 8.13. The van der Waals surface area contributed by atoms with E-state index in [0.29, 0.717) is 44.2 Å². The Labute approximate surface area is 200 Å². The molecule has 6 nitrogen and oxygen atoms in total. The van der Waals surface area contributed by atoms with E-state index in [1.54, 1.807) is 4.90 Å². The van der Waals surface area contributed by atoms with Crippen LogP contribution in [0.4, 0.5) is 19.0 Å². The largest absolute Gasteiger partial charge is 0.419 e. The summed E-state index contributed by atoms with van der Waals surface area (Å²) in [5, 5.41) is 3.81. The van der Waals surface area contributed by atoms with E-state index >= 15 is 0 Å². The van der Waals surface area contributed by atoms with Gasteiger partial charge in [-0.1, -0.05) is 20.8 Å². The summed E-state index contributed by atoms with van der Waals surface area (Å²) in [6.45, 7) is 9.52. The molecular formula is C25H37F3N4O2. The van der Waals surface area contributed by atoms with Crippen LogP contribution in [0.15, 0.2) is 18.3 Å². The minimum Gasteiger partial charge on any atom is -0.381 e. The number of piperazine rings is 1. The zero-order valence-corrected chi connectivity index (χ0v) is 20.4. The lowest BCUT2D eigenvalue weighted by Crippen LogP contribution is -2.55. The molecule has 1 amide bonds. The fraction of sp³-hybridized carbons (Fsp3) is 0.760. The predicted molar refractivity (Wildman–Crippen MR) is 124 cm³/mol. The first-order chi connectivity index (χ1) is 16.1. The van der Waals surface area contributed by atoms with Gasteiger partial charge in [-0.2, -0.15) is 13.2 Å². The molecule has 1 aliphatic carbocycles. The third-order valence-corrected chi connectivity index (χ3v) is 8.13. The molecule has 2 unspecified atom stereocenters. The first kappa shape index (κ1) is 25.2. The second-order valence-corrected chi connectivity index (χ2v) is 10.5. The van der Waals surface area contributed by atoms with Crippen LogP contribution in [0.5, 0.6) is 0 Å². The molecule has 9 heteroatoms. The highest BCUT2D eigenvalue weighted by molar-refractivity contribution is 5.84. The first-order valence-electron chi connectivity index (χ1n) is 12.5. The highest BCUT2D eigenvalue weighted by Crippen LogP contribution is 2.46. The third kappa shape index (κ3) is 5.05. The van der Waals surface area contributed by atoms with Crippen LogP contribution in [0.25, 0.3) is 0 Å². The van der Waals surface area contributed by atoms with E-state index in [4.69, 9.17) is 4.74 Å². The molecular weight excluding hydrogens is 445 g/mol. The van der Waals surface area contributed by atoms with Crippen LogP contribution in [0.1, 0.15) is 52.0 Å². The average Bonchev–Trinajstić information content (AvgIpc) is 3.25. The zero-order chi connectivity index (χ0) is 24.5. The summed E-state index contributed by atoms with van der Waals surface area (Å²) in [4.78, 5) is 21.3.